The van der Waals surface area contributed by atoms with Crippen LogP contribution >= 0.6 is 0 Å². The van der Waals surface area contributed by atoms with Crippen molar-refractivity contribution < 1.29 is 28.6 Å². The lowest BCUT2D eigenvalue weighted by atomic mass is 9.94. The molecular weight excluding hydrogens is 350 g/mol. The first-order valence-corrected chi connectivity index (χ1v) is 9.69. The monoisotopic (exact) mass is 387 g/mol. The number of nitrogens with one attached hydrogen (secondary N) is 1. The lowest BCUT2D eigenvalue weighted by molar-refractivity contribution is -0.196. The molecule has 27 heavy (non-hydrogen) atoms. The molecule has 0 aromatic rings. The minimum absolute atomic E-state index is 0.0975. The summed E-state index contributed by atoms with van der Waals surface area (Å²) in [5, 5.41) is 2.71. The quantitative estimate of drug-likeness (QED) is 0.449. The highest BCUT2D eigenvalue weighted by Gasteiger charge is 2.25. The van der Waals surface area contributed by atoms with Crippen LogP contribution in [0.25, 0.3) is 0 Å². The zero-order chi connectivity index (χ0) is 21.2. The van der Waals surface area contributed by atoms with Crippen LogP contribution in [0.1, 0.15) is 74.7 Å². The zero-order valence-electron chi connectivity index (χ0n) is 18.1. The summed E-state index contributed by atoms with van der Waals surface area (Å²) in [6, 6.07) is 0. The van der Waals surface area contributed by atoms with Crippen molar-refractivity contribution in [1.29, 1.82) is 0 Å². The highest BCUT2D eigenvalue weighted by Crippen LogP contribution is 2.18. The number of amides is 1. The second-order valence-corrected chi connectivity index (χ2v) is 8.53. The fourth-order valence-electron chi connectivity index (χ4n) is 2.37. The van der Waals surface area contributed by atoms with Gasteiger partial charge in [-0.1, -0.05) is 34.6 Å². The van der Waals surface area contributed by atoms with Gasteiger partial charge in [0.1, 0.15) is 5.60 Å². The van der Waals surface area contributed by atoms with E-state index in [1.54, 1.807) is 27.7 Å². The second kappa shape index (κ2) is 11.8. The van der Waals surface area contributed by atoms with E-state index in [1.165, 1.54) is 0 Å². The van der Waals surface area contributed by atoms with Gasteiger partial charge in [0.05, 0.1) is 6.42 Å². The maximum absolute atomic E-state index is 12.3. The first-order valence-electron chi connectivity index (χ1n) is 9.69. The Balaban J connectivity index is 4.74. The van der Waals surface area contributed by atoms with Crippen molar-refractivity contribution in [3.8, 4) is 0 Å². The van der Waals surface area contributed by atoms with Gasteiger partial charge in [-0.3, -0.25) is 9.59 Å². The van der Waals surface area contributed by atoms with E-state index in [0.717, 1.165) is 6.42 Å². The molecule has 7 nitrogen and oxygen atoms in total. The molecule has 0 spiro atoms. The van der Waals surface area contributed by atoms with E-state index >= 15 is 0 Å². The molecule has 1 N–H and O–H groups in total. The molecule has 0 radical (unpaired) electrons. The molecule has 0 bridgehead atoms. The minimum atomic E-state index is -0.900. The molecule has 0 rings (SSSR count). The number of hydrogen-bond donors (Lipinski definition) is 1. The van der Waals surface area contributed by atoms with Crippen LogP contribution in [0.15, 0.2) is 0 Å². The Hall–Kier alpha value is -1.79. The van der Waals surface area contributed by atoms with Crippen molar-refractivity contribution in [1.82, 2.24) is 5.32 Å². The first-order chi connectivity index (χ1) is 12.3. The largest absolute Gasteiger partial charge is 0.444 e. The van der Waals surface area contributed by atoms with Crippen LogP contribution in [0, 0.1) is 17.8 Å². The highest BCUT2D eigenvalue weighted by atomic mass is 16.7. The Bertz CT molecular complexity index is 481. The predicted molar refractivity (Wildman–Crippen MR) is 103 cm³/mol. The number of carbonyl (C=O) groups is 3. The first kappa shape index (κ1) is 25.2. The molecule has 0 saturated carbocycles. The number of ether oxygens (including phenoxy) is 3. The van der Waals surface area contributed by atoms with Crippen molar-refractivity contribution in [2.24, 2.45) is 17.8 Å². The van der Waals surface area contributed by atoms with Crippen LogP contribution in [0.2, 0.25) is 0 Å². The molecule has 0 heterocycles. The van der Waals surface area contributed by atoms with Crippen LogP contribution in [0.5, 0.6) is 0 Å². The summed E-state index contributed by atoms with van der Waals surface area (Å²) in [4.78, 5) is 35.7. The third-order valence-electron chi connectivity index (χ3n) is 3.52. The Morgan fingerprint density at radius 2 is 1.52 bits per heavy atom. The molecule has 2 atom stereocenters. The molecular formula is C20H37NO6. The molecule has 1 amide bonds. The van der Waals surface area contributed by atoms with Gasteiger partial charge in [-0.2, -0.15) is 0 Å². The van der Waals surface area contributed by atoms with Gasteiger partial charge in [-0.25, -0.2) is 4.79 Å². The van der Waals surface area contributed by atoms with Gasteiger partial charge < -0.3 is 19.5 Å². The molecule has 0 saturated heterocycles. The summed E-state index contributed by atoms with van der Waals surface area (Å²) in [7, 11) is 0. The Morgan fingerprint density at radius 1 is 0.963 bits per heavy atom. The third kappa shape index (κ3) is 13.1. The lowest BCUT2D eigenvalue weighted by Crippen LogP contribution is -2.36. The van der Waals surface area contributed by atoms with E-state index in [4.69, 9.17) is 14.2 Å². The average Bonchev–Trinajstić information content (AvgIpc) is 2.49. The van der Waals surface area contributed by atoms with Crippen molar-refractivity contribution >= 4 is 18.0 Å². The molecule has 2 unspecified atom stereocenters. The van der Waals surface area contributed by atoms with E-state index in [2.05, 4.69) is 5.32 Å². The van der Waals surface area contributed by atoms with Crippen LogP contribution < -0.4 is 5.32 Å². The average molecular weight is 388 g/mol. The summed E-state index contributed by atoms with van der Waals surface area (Å²) < 4.78 is 15.8. The van der Waals surface area contributed by atoms with Crippen LogP contribution in [0.4, 0.5) is 4.79 Å². The van der Waals surface area contributed by atoms with Crippen LogP contribution in [-0.2, 0) is 23.8 Å². The normalized spacial score (nSPS) is 13.9. The van der Waals surface area contributed by atoms with Crippen LogP contribution in [-0.4, -0.2) is 36.5 Å². The molecule has 0 fully saturated rings. The van der Waals surface area contributed by atoms with Gasteiger partial charge in [0.15, 0.2) is 0 Å². The molecule has 7 heteroatoms. The number of hydrogen-bond acceptors (Lipinski definition) is 6. The summed E-state index contributed by atoms with van der Waals surface area (Å²) in [5.74, 6) is -0.754. The van der Waals surface area contributed by atoms with Crippen LogP contribution in [0.3, 0.4) is 0 Å². The van der Waals surface area contributed by atoms with Gasteiger partial charge >= 0.3 is 18.0 Å². The summed E-state index contributed by atoms with van der Waals surface area (Å²) >= 11 is 0. The number of carbonyl (C=O) groups excluding carboxylic acids is 3. The summed E-state index contributed by atoms with van der Waals surface area (Å²) in [5.41, 5.74) is -0.579. The summed E-state index contributed by atoms with van der Waals surface area (Å²) in [6.07, 6.45) is -0.325. The number of rotatable bonds is 10. The van der Waals surface area contributed by atoms with Crippen molar-refractivity contribution in [2.75, 3.05) is 6.54 Å². The molecule has 0 aliphatic rings. The van der Waals surface area contributed by atoms with E-state index in [9.17, 15) is 14.4 Å². The topological polar surface area (TPSA) is 90.9 Å². The Morgan fingerprint density at radius 3 is 1.96 bits per heavy atom. The number of alkyl carbamates (subject to hydrolysis) is 1. The Labute approximate surface area is 163 Å². The Kier molecular flexibility index (Phi) is 11.0. The highest BCUT2D eigenvalue weighted by molar-refractivity contribution is 5.72. The minimum Gasteiger partial charge on any atom is -0.444 e. The molecule has 158 valence electrons. The molecule has 0 aromatic carbocycles. The maximum Gasteiger partial charge on any atom is 0.407 e. The van der Waals surface area contributed by atoms with Crippen molar-refractivity contribution in [3.05, 3.63) is 0 Å². The van der Waals surface area contributed by atoms with Crippen molar-refractivity contribution in [3.63, 3.8) is 0 Å². The molecule has 0 aliphatic carbocycles. The van der Waals surface area contributed by atoms with Gasteiger partial charge in [-0.15, -0.1) is 0 Å². The fourth-order valence-corrected chi connectivity index (χ4v) is 2.37. The second-order valence-electron chi connectivity index (χ2n) is 8.53. The van der Waals surface area contributed by atoms with Gasteiger partial charge in [-0.05, 0) is 39.0 Å². The fraction of sp³-hybridized carbons (Fsp3) is 0.850. The molecule has 0 aliphatic heterocycles. The SMILES string of the molecule is CCC(=O)OC(OC(=O)CC(CNC(=O)OC(C)(C)C)CC(C)C)C(C)C. The van der Waals surface area contributed by atoms with E-state index in [0.29, 0.717) is 12.5 Å². The number of esters is 2. The standard InChI is InChI=1S/C20H37NO6/c1-9-16(22)25-18(14(4)5)26-17(23)11-15(10-13(2)3)12-21-19(24)27-20(6,7)8/h13-15,18H,9-12H2,1-8H3,(H,21,24). The summed E-state index contributed by atoms with van der Waals surface area (Å²) in [6.45, 7) is 15.1. The molecule has 0 aromatic heterocycles. The van der Waals surface area contributed by atoms with E-state index < -0.39 is 29.9 Å². The third-order valence-corrected chi connectivity index (χ3v) is 3.52. The predicted octanol–water partition coefficient (Wildman–Crippen LogP) is 4.04. The maximum atomic E-state index is 12.3. The van der Waals surface area contributed by atoms with E-state index in [-0.39, 0.29) is 24.7 Å². The zero-order valence-corrected chi connectivity index (χ0v) is 18.1. The van der Waals surface area contributed by atoms with Gasteiger partial charge in [0.25, 0.3) is 0 Å². The van der Waals surface area contributed by atoms with Gasteiger partial charge in [0, 0.05) is 18.9 Å². The van der Waals surface area contributed by atoms with E-state index in [1.807, 2.05) is 27.7 Å². The van der Waals surface area contributed by atoms with Crippen molar-refractivity contribution in [2.45, 2.75) is 86.5 Å². The van der Waals surface area contributed by atoms with Gasteiger partial charge in [0.2, 0.25) is 6.29 Å². The lowest BCUT2D eigenvalue weighted by Gasteiger charge is -2.24. The smallest absolute Gasteiger partial charge is 0.407 e.